The first-order valence-electron chi connectivity index (χ1n) is 6.69. The highest BCUT2D eigenvalue weighted by Gasteiger charge is 2.12. The average Bonchev–Trinajstić information content (AvgIpc) is 2.50. The monoisotopic (exact) mass is 318 g/mol. The van der Waals surface area contributed by atoms with E-state index in [1.165, 1.54) is 30.3 Å². The molecule has 0 saturated carbocycles. The van der Waals surface area contributed by atoms with Crippen LogP contribution in [0.4, 0.5) is 17.6 Å². The molecule has 0 aromatic heterocycles. The molecule has 0 heterocycles. The minimum Gasteiger partial charge on any atom is -0.508 e. The summed E-state index contributed by atoms with van der Waals surface area (Å²) in [7, 11) is 0. The molecule has 0 radical (unpaired) electrons. The molecule has 3 rings (SSSR count). The fourth-order valence-corrected chi connectivity index (χ4v) is 2.32. The molecule has 1 N–H and O–H groups in total. The third-order valence-electron chi connectivity index (χ3n) is 3.46. The Morgan fingerprint density at radius 3 is 1.61 bits per heavy atom. The number of aromatic hydroxyl groups is 1. The van der Waals surface area contributed by atoms with Crippen molar-refractivity contribution in [1.29, 1.82) is 0 Å². The van der Waals surface area contributed by atoms with Gasteiger partial charge in [-0.3, -0.25) is 0 Å². The van der Waals surface area contributed by atoms with Crippen molar-refractivity contribution < 1.29 is 22.7 Å². The van der Waals surface area contributed by atoms with Crippen LogP contribution in [0.15, 0.2) is 54.6 Å². The Hall–Kier alpha value is -2.82. The van der Waals surface area contributed by atoms with Gasteiger partial charge >= 0.3 is 0 Å². The molecule has 0 aliphatic rings. The van der Waals surface area contributed by atoms with Gasteiger partial charge in [0, 0.05) is 17.2 Å². The molecule has 3 aromatic carbocycles. The number of hydrogen-bond acceptors (Lipinski definition) is 1. The summed E-state index contributed by atoms with van der Waals surface area (Å²) < 4.78 is 54.3. The minimum absolute atomic E-state index is 0.0758. The highest BCUT2D eigenvalue weighted by atomic mass is 19.2. The lowest BCUT2D eigenvalue weighted by Crippen LogP contribution is -1.91. The molecular formula is C18H10F4O. The van der Waals surface area contributed by atoms with E-state index in [2.05, 4.69) is 0 Å². The van der Waals surface area contributed by atoms with E-state index in [0.717, 1.165) is 24.3 Å². The molecule has 0 atom stereocenters. The SMILES string of the molecule is Oc1ccc(-c2ccc(-c3ccc(F)c(F)c3)c(F)c2)c(F)c1. The molecule has 0 unspecified atom stereocenters. The standard InChI is InChI=1S/C18H10F4O/c19-15-6-2-11(8-18(15)22)13-4-1-10(7-16(13)20)14-5-3-12(23)9-17(14)21/h1-9,23H. The molecule has 116 valence electrons. The largest absolute Gasteiger partial charge is 0.508 e. The van der Waals surface area contributed by atoms with E-state index in [0.29, 0.717) is 0 Å². The summed E-state index contributed by atoms with van der Waals surface area (Å²) in [6, 6.07) is 10.6. The third-order valence-corrected chi connectivity index (χ3v) is 3.46. The van der Waals surface area contributed by atoms with Crippen LogP contribution in [0.3, 0.4) is 0 Å². The lowest BCUT2D eigenvalue weighted by molar-refractivity contribution is 0.469. The molecule has 3 aromatic rings. The van der Waals surface area contributed by atoms with Crippen molar-refractivity contribution in [3.8, 4) is 28.0 Å². The van der Waals surface area contributed by atoms with E-state index in [9.17, 15) is 22.7 Å². The van der Waals surface area contributed by atoms with Crippen molar-refractivity contribution in [2.45, 2.75) is 0 Å². The Morgan fingerprint density at radius 2 is 1.04 bits per heavy atom. The fraction of sp³-hybridized carbons (Fsp3) is 0. The van der Waals surface area contributed by atoms with Crippen LogP contribution >= 0.6 is 0 Å². The maximum absolute atomic E-state index is 14.3. The van der Waals surface area contributed by atoms with Gasteiger partial charge < -0.3 is 5.11 Å². The Kier molecular flexibility index (Phi) is 3.78. The minimum atomic E-state index is -1.07. The van der Waals surface area contributed by atoms with Crippen LogP contribution in [-0.2, 0) is 0 Å². The Morgan fingerprint density at radius 1 is 0.522 bits per heavy atom. The summed E-state index contributed by atoms with van der Waals surface area (Å²) in [5, 5.41) is 9.20. The van der Waals surface area contributed by atoms with E-state index in [4.69, 9.17) is 0 Å². The van der Waals surface area contributed by atoms with Crippen molar-refractivity contribution >= 4 is 0 Å². The van der Waals surface area contributed by atoms with Crippen molar-refractivity contribution in [2.75, 3.05) is 0 Å². The molecule has 23 heavy (non-hydrogen) atoms. The van der Waals surface area contributed by atoms with E-state index in [1.54, 1.807) is 0 Å². The normalized spacial score (nSPS) is 10.8. The van der Waals surface area contributed by atoms with Gasteiger partial charge in [-0.1, -0.05) is 18.2 Å². The zero-order chi connectivity index (χ0) is 16.6. The Labute approximate surface area is 129 Å². The lowest BCUT2D eigenvalue weighted by Gasteiger charge is -2.08. The quantitative estimate of drug-likeness (QED) is 0.637. The molecular weight excluding hydrogens is 308 g/mol. The van der Waals surface area contributed by atoms with Gasteiger partial charge in [0.1, 0.15) is 17.4 Å². The number of benzene rings is 3. The van der Waals surface area contributed by atoms with Gasteiger partial charge in [-0.05, 0) is 41.5 Å². The van der Waals surface area contributed by atoms with Gasteiger partial charge in [-0.25, -0.2) is 17.6 Å². The maximum Gasteiger partial charge on any atom is 0.159 e. The zero-order valence-corrected chi connectivity index (χ0v) is 11.7. The number of phenols is 1. The van der Waals surface area contributed by atoms with E-state index in [-0.39, 0.29) is 28.0 Å². The van der Waals surface area contributed by atoms with Crippen LogP contribution in [0.25, 0.3) is 22.3 Å². The molecule has 1 nitrogen and oxygen atoms in total. The smallest absolute Gasteiger partial charge is 0.159 e. The molecule has 0 fully saturated rings. The Bertz CT molecular complexity index is 890. The van der Waals surface area contributed by atoms with E-state index < -0.39 is 23.3 Å². The van der Waals surface area contributed by atoms with Crippen LogP contribution in [0.5, 0.6) is 5.75 Å². The number of phenolic OH excluding ortho intramolecular Hbond substituents is 1. The van der Waals surface area contributed by atoms with E-state index in [1.807, 2.05) is 0 Å². The van der Waals surface area contributed by atoms with Crippen molar-refractivity contribution in [2.24, 2.45) is 0 Å². The summed E-state index contributed by atoms with van der Waals surface area (Å²) in [6.45, 7) is 0. The summed E-state index contributed by atoms with van der Waals surface area (Å²) in [5.41, 5.74) is 0.649. The number of hydrogen-bond donors (Lipinski definition) is 1. The predicted molar refractivity (Wildman–Crippen MR) is 78.8 cm³/mol. The van der Waals surface area contributed by atoms with Crippen LogP contribution in [-0.4, -0.2) is 5.11 Å². The van der Waals surface area contributed by atoms with Gasteiger partial charge in [0.15, 0.2) is 11.6 Å². The average molecular weight is 318 g/mol. The molecule has 0 spiro atoms. The predicted octanol–water partition coefficient (Wildman–Crippen LogP) is 5.28. The second-order valence-electron chi connectivity index (χ2n) is 4.99. The molecule has 0 aliphatic carbocycles. The molecule has 0 aliphatic heterocycles. The third kappa shape index (κ3) is 2.90. The first-order valence-corrected chi connectivity index (χ1v) is 6.69. The van der Waals surface area contributed by atoms with Crippen molar-refractivity contribution in [1.82, 2.24) is 0 Å². The summed E-state index contributed by atoms with van der Waals surface area (Å²) in [6.07, 6.45) is 0. The van der Waals surface area contributed by atoms with Crippen LogP contribution < -0.4 is 0 Å². The van der Waals surface area contributed by atoms with Crippen molar-refractivity contribution in [3.63, 3.8) is 0 Å². The van der Waals surface area contributed by atoms with Gasteiger partial charge in [0.2, 0.25) is 0 Å². The van der Waals surface area contributed by atoms with Crippen molar-refractivity contribution in [3.05, 3.63) is 77.9 Å². The highest BCUT2D eigenvalue weighted by Crippen LogP contribution is 2.31. The van der Waals surface area contributed by atoms with Crippen LogP contribution in [0.2, 0.25) is 0 Å². The second-order valence-corrected chi connectivity index (χ2v) is 4.99. The first-order chi connectivity index (χ1) is 11.0. The topological polar surface area (TPSA) is 20.2 Å². The summed E-state index contributed by atoms with van der Waals surface area (Å²) in [5.74, 6) is -3.71. The molecule has 0 amide bonds. The lowest BCUT2D eigenvalue weighted by atomic mass is 9.99. The summed E-state index contributed by atoms with van der Waals surface area (Å²) >= 11 is 0. The molecule has 0 bridgehead atoms. The Balaban J connectivity index is 2.05. The first kappa shape index (κ1) is 15.1. The summed E-state index contributed by atoms with van der Waals surface area (Å²) in [4.78, 5) is 0. The van der Waals surface area contributed by atoms with Crippen LogP contribution in [0.1, 0.15) is 0 Å². The number of halogens is 4. The maximum atomic E-state index is 14.3. The number of rotatable bonds is 2. The van der Waals surface area contributed by atoms with Gasteiger partial charge in [0.05, 0.1) is 0 Å². The molecule has 5 heteroatoms. The highest BCUT2D eigenvalue weighted by molar-refractivity contribution is 5.71. The molecule has 0 saturated heterocycles. The van der Waals surface area contributed by atoms with Gasteiger partial charge in [-0.15, -0.1) is 0 Å². The van der Waals surface area contributed by atoms with Crippen LogP contribution in [0, 0.1) is 23.3 Å². The fourth-order valence-electron chi connectivity index (χ4n) is 2.32. The van der Waals surface area contributed by atoms with E-state index >= 15 is 0 Å². The van der Waals surface area contributed by atoms with Gasteiger partial charge in [-0.2, -0.15) is 0 Å². The van der Waals surface area contributed by atoms with Gasteiger partial charge in [0.25, 0.3) is 0 Å². The second kappa shape index (κ2) is 5.76. The zero-order valence-electron chi connectivity index (χ0n) is 11.7.